The Morgan fingerprint density at radius 2 is 0.938 bits per heavy atom. The van der Waals surface area contributed by atoms with Crippen LogP contribution in [0.3, 0.4) is 0 Å². The molecule has 0 bridgehead atoms. The monoisotopic (exact) mass is 248 g/mol. The Labute approximate surface area is 103 Å². The first kappa shape index (κ1) is 13.4. The molecule has 0 saturated carbocycles. The SMILES string of the molecule is CC(P)P.c1ccc(-c2ccccc2)cc1. The van der Waals surface area contributed by atoms with Gasteiger partial charge in [0.2, 0.25) is 0 Å². The van der Waals surface area contributed by atoms with Crippen LogP contribution in [0, 0.1) is 0 Å². The fourth-order valence-corrected chi connectivity index (χ4v) is 1.26. The van der Waals surface area contributed by atoms with Gasteiger partial charge in [-0.05, 0) is 16.5 Å². The molecule has 0 aliphatic heterocycles. The Kier molecular flexibility index (Phi) is 6.31. The van der Waals surface area contributed by atoms with Crippen molar-refractivity contribution in [3.05, 3.63) is 60.7 Å². The standard InChI is InChI=1S/C12H10.C2H8P2/c1-3-7-11(8-4-1)12-9-5-2-6-10-12;1-2(3)4/h1-10H;2H,3-4H2,1H3. The van der Waals surface area contributed by atoms with Gasteiger partial charge in [-0.15, -0.1) is 18.5 Å². The normalized spacial score (nSPS) is 9.50. The molecule has 2 atom stereocenters. The molecular formula is C14H18P2. The molecule has 0 aromatic heterocycles. The molecule has 0 aliphatic rings. The molecule has 16 heavy (non-hydrogen) atoms. The van der Waals surface area contributed by atoms with E-state index in [1.165, 1.54) is 11.1 Å². The maximum Gasteiger partial charge on any atom is -0.0146 e. The van der Waals surface area contributed by atoms with Gasteiger partial charge in [-0.2, -0.15) is 0 Å². The van der Waals surface area contributed by atoms with Crippen LogP contribution in [-0.4, -0.2) is 5.40 Å². The van der Waals surface area contributed by atoms with Crippen LogP contribution in [0.5, 0.6) is 0 Å². The van der Waals surface area contributed by atoms with E-state index in [0.29, 0.717) is 5.40 Å². The van der Waals surface area contributed by atoms with Crippen molar-refractivity contribution in [2.45, 2.75) is 12.3 Å². The summed E-state index contributed by atoms with van der Waals surface area (Å²) in [5.41, 5.74) is 2.55. The maximum atomic E-state index is 2.62. The minimum atomic E-state index is 0.667. The molecule has 0 saturated heterocycles. The molecule has 0 heterocycles. The van der Waals surface area contributed by atoms with Crippen molar-refractivity contribution in [2.24, 2.45) is 0 Å². The number of hydrogen-bond acceptors (Lipinski definition) is 0. The van der Waals surface area contributed by atoms with Gasteiger partial charge in [-0.25, -0.2) is 0 Å². The Bertz CT molecular complexity index is 342. The van der Waals surface area contributed by atoms with E-state index < -0.39 is 0 Å². The van der Waals surface area contributed by atoms with Gasteiger partial charge >= 0.3 is 0 Å². The van der Waals surface area contributed by atoms with Crippen LogP contribution in [0.25, 0.3) is 11.1 Å². The number of benzene rings is 2. The average molecular weight is 248 g/mol. The lowest BCUT2D eigenvalue weighted by atomic mass is 10.1. The van der Waals surface area contributed by atoms with Crippen LogP contribution < -0.4 is 0 Å². The van der Waals surface area contributed by atoms with Crippen LogP contribution in [-0.2, 0) is 0 Å². The van der Waals surface area contributed by atoms with Crippen LogP contribution in [0.2, 0.25) is 0 Å². The fourth-order valence-electron chi connectivity index (χ4n) is 1.26. The van der Waals surface area contributed by atoms with Crippen molar-refractivity contribution >= 4 is 18.5 Å². The van der Waals surface area contributed by atoms with E-state index in [1.807, 2.05) is 12.1 Å². The molecule has 84 valence electrons. The molecule has 0 N–H and O–H groups in total. The Morgan fingerprint density at radius 3 is 1.19 bits per heavy atom. The molecule has 0 radical (unpaired) electrons. The Balaban J connectivity index is 0.000000280. The third-order valence-corrected chi connectivity index (χ3v) is 1.88. The van der Waals surface area contributed by atoms with Gasteiger partial charge in [0, 0.05) is 0 Å². The summed E-state index contributed by atoms with van der Waals surface area (Å²) in [5, 5.41) is 0.667. The molecule has 2 unspecified atom stereocenters. The molecule has 2 aromatic carbocycles. The lowest BCUT2D eigenvalue weighted by Crippen LogP contribution is -1.73. The lowest BCUT2D eigenvalue weighted by molar-refractivity contribution is 1.43. The third kappa shape index (κ3) is 5.40. The second-order valence-electron chi connectivity index (χ2n) is 3.59. The zero-order valence-corrected chi connectivity index (χ0v) is 11.8. The first-order valence-corrected chi connectivity index (χ1v) is 6.65. The van der Waals surface area contributed by atoms with E-state index in [2.05, 4.69) is 73.9 Å². The van der Waals surface area contributed by atoms with E-state index in [-0.39, 0.29) is 0 Å². The fraction of sp³-hybridized carbons (Fsp3) is 0.143. The van der Waals surface area contributed by atoms with E-state index >= 15 is 0 Å². The van der Waals surface area contributed by atoms with Gasteiger partial charge in [0.25, 0.3) is 0 Å². The molecule has 2 aromatic rings. The Morgan fingerprint density at radius 1 is 0.688 bits per heavy atom. The second kappa shape index (κ2) is 7.55. The van der Waals surface area contributed by atoms with Crippen molar-refractivity contribution in [2.75, 3.05) is 0 Å². The highest BCUT2D eigenvalue weighted by Crippen LogP contribution is 2.17. The van der Waals surface area contributed by atoms with Crippen LogP contribution in [0.1, 0.15) is 6.92 Å². The second-order valence-corrected chi connectivity index (χ2v) is 6.46. The molecular weight excluding hydrogens is 230 g/mol. The third-order valence-electron chi connectivity index (χ3n) is 1.88. The summed E-state index contributed by atoms with van der Waals surface area (Å²) in [6.07, 6.45) is 0. The van der Waals surface area contributed by atoms with E-state index in [1.54, 1.807) is 0 Å². The summed E-state index contributed by atoms with van der Waals surface area (Å²) in [4.78, 5) is 0. The summed E-state index contributed by atoms with van der Waals surface area (Å²) in [7, 11) is 5.24. The largest absolute Gasteiger partial charge is 0.131 e. The molecule has 2 heteroatoms. The maximum absolute atomic E-state index is 2.62. The molecule has 0 nitrogen and oxygen atoms in total. The van der Waals surface area contributed by atoms with E-state index in [4.69, 9.17) is 0 Å². The summed E-state index contributed by atoms with van der Waals surface area (Å²) < 4.78 is 0. The molecule has 0 fully saturated rings. The van der Waals surface area contributed by atoms with Crippen molar-refractivity contribution in [1.82, 2.24) is 0 Å². The Hall–Kier alpha value is -0.700. The summed E-state index contributed by atoms with van der Waals surface area (Å²) >= 11 is 0. The predicted octanol–water partition coefficient (Wildman–Crippen LogP) is 4.44. The van der Waals surface area contributed by atoms with E-state index in [0.717, 1.165) is 0 Å². The first-order valence-electron chi connectivity index (χ1n) is 5.32. The van der Waals surface area contributed by atoms with Crippen LogP contribution in [0.4, 0.5) is 0 Å². The van der Waals surface area contributed by atoms with Crippen molar-refractivity contribution in [1.29, 1.82) is 0 Å². The quantitative estimate of drug-likeness (QED) is 0.655. The highest BCUT2D eigenvalue weighted by Gasteiger charge is 1.91. The van der Waals surface area contributed by atoms with Gasteiger partial charge < -0.3 is 0 Å². The van der Waals surface area contributed by atoms with Gasteiger partial charge in [0.05, 0.1) is 0 Å². The lowest BCUT2D eigenvalue weighted by Gasteiger charge is -1.98. The van der Waals surface area contributed by atoms with Gasteiger partial charge in [-0.1, -0.05) is 67.6 Å². The summed E-state index contributed by atoms with van der Waals surface area (Å²) in [6.45, 7) is 2.09. The van der Waals surface area contributed by atoms with Crippen molar-refractivity contribution < 1.29 is 0 Å². The molecule has 0 amide bonds. The smallest absolute Gasteiger partial charge is 0.0146 e. The minimum Gasteiger partial charge on any atom is -0.131 e. The first-order chi connectivity index (χ1) is 7.70. The number of rotatable bonds is 1. The van der Waals surface area contributed by atoms with Gasteiger partial charge in [0.15, 0.2) is 0 Å². The highest BCUT2D eigenvalue weighted by molar-refractivity contribution is 7.37. The van der Waals surface area contributed by atoms with Crippen molar-refractivity contribution in [3.63, 3.8) is 0 Å². The van der Waals surface area contributed by atoms with Gasteiger partial charge in [0.1, 0.15) is 0 Å². The zero-order chi connectivity index (χ0) is 11.8. The molecule has 0 spiro atoms. The van der Waals surface area contributed by atoms with Crippen LogP contribution in [0.15, 0.2) is 60.7 Å². The van der Waals surface area contributed by atoms with Crippen LogP contribution >= 0.6 is 18.5 Å². The summed E-state index contributed by atoms with van der Waals surface area (Å²) in [6, 6.07) is 20.8. The minimum absolute atomic E-state index is 0.667. The van der Waals surface area contributed by atoms with Crippen molar-refractivity contribution in [3.8, 4) is 11.1 Å². The van der Waals surface area contributed by atoms with Gasteiger partial charge in [-0.3, -0.25) is 0 Å². The molecule has 2 rings (SSSR count). The topological polar surface area (TPSA) is 0 Å². The zero-order valence-electron chi connectivity index (χ0n) is 9.51. The highest BCUT2D eigenvalue weighted by atomic mass is 31.1. The molecule has 0 aliphatic carbocycles. The summed E-state index contributed by atoms with van der Waals surface area (Å²) in [5.74, 6) is 0. The average Bonchev–Trinajstić information content (AvgIpc) is 2.31. The predicted molar refractivity (Wildman–Crippen MR) is 80.8 cm³/mol. The van der Waals surface area contributed by atoms with E-state index in [9.17, 15) is 0 Å². The number of hydrogen-bond donors (Lipinski definition) is 0.